The van der Waals surface area contributed by atoms with Gasteiger partial charge in [0.1, 0.15) is 0 Å². The molecule has 0 aromatic heterocycles. The van der Waals surface area contributed by atoms with Gasteiger partial charge in [-0.05, 0) is 62.9 Å². The van der Waals surface area contributed by atoms with E-state index < -0.39 is 4.92 Å². The number of nitrogens with zero attached hydrogens (tertiary/aromatic N) is 2. The predicted molar refractivity (Wildman–Crippen MR) is 92.6 cm³/mol. The molecule has 4 nitrogen and oxygen atoms in total. The van der Waals surface area contributed by atoms with Crippen LogP contribution in [0.4, 0.5) is 5.69 Å². The summed E-state index contributed by atoms with van der Waals surface area (Å²) < 4.78 is 0. The summed E-state index contributed by atoms with van der Waals surface area (Å²) in [6, 6.07) is 4.22. The van der Waals surface area contributed by atoms with Gasteiger partial charge in [0.15, 0.2) is 0 Å². The molecule has 4 heteroatoms. The third-order valence-electron chi connectivity index (χ3n) is 4.19. The summed E-state index contributed by atoms with van der Waals surface area (Å²) in [5.41, 5.74) is 5.56. The molecule has 22 heavy (non-hydrogen) atoms. The molecule has 0 amide bonds. The minimum absolute atomic E-state index is 0.0161. The van der Waals surface area contributed by atoms with Crippen LogP contribution < -0.4 is 4.90 Å². The van der Waals surface area contributed by atoms with Crippen LogP contribution in [0.2, 0.25) is 0 Å². The summed E-state index contributed by atoms with van der Waals surface area (Å²) in [4.78, 5) is 12.6. The Morgan fingerprint density at radius 1 is 1.32 bits per heavy atom. The fraction of sp³-hybridized carbons (Fsp3) is 0.444. The molecule has 1 aliphatic heterocycles. The van der Waals surface area contributed by atoms with Crippen LogP contribution in [-0.4, -0.2) is 17.0 Å². The Bertz CT molecular complexity index is 657. The number of anilines is 1. The molecule has 0 N–H and O–H groups in total. The lowest BCUT2D eigenvalue weighted by Gasteiger charge is -2.43. The number of nitro groups is 1. The van der Waals surface area contributed by atoms with Crippen molar-refractivity contribution in [3.8, 4) is 0 Å². The van der Waals surface area contributed by atoms with E-state index in [2.05, 4.69) is 50.8 Å². The molecule has 0 bridgehead atoms. The van der Waals surface area contributed by atoms with E-state index >= 15 is 0 Å². The van der Waals surface area contributed by atoms with Gasteiger partial charge in [-0.2, -0.15) is 0 Å². The Hall–Kier alpha value is -2.10. The molecule has 0 spiro atoms. The second kappa shape index (κ2) is 5.95. The fourth-order valence-electron chi connectivity index (χ4n) is 3.20. The average Bonchev–Trinajstić information content (AvgIpc) is 2.41. The van der Waals surface area contributed by atoms with E-state index in [1.54, 1.807) is 6.08 Å². The van der Waals surface area contributed by atoms with Crippen molar-refractivity contribution in [2.45, 2.75) is 46.6 Å². The molecule has 0 saturated heterocycles. The zero-order valence-corrected chi connectivity index (χ0v) is 14.0. The van der Waals surface area contributed by atoms with Crippen LogP contribution in [0.15, 0.2) is 24.4 Å². The second-order valence-corrected chi connectivity index (χ2v) is 6.46. The van der Waals surface area contributed by atoms with Gasteiger partial charge >= 0.3 is 0 Å². The topological polar surface area (TPSA) is 46.4 Å². The minimum atomic E-state index is -0.423. The Labute approximate surface area is 132 Å². The van der Waals surface area contributed by atoms with Gasteiger partial charge in [-0.25, -0.2) is 0 Å². The number of fused-ring (bicyclic) bond motifs is 1. The largest absolute Gasteiger partial charge is 0.362 e. The van der Waals surface area contributed by atoms with Gasteiger partial charge < -0.3 is 4.90 Å². The van der Waals surface area contributed by atoms with Gasteiger partial charge in [-0.1, -0.05) is 13.0 Å². The molecular weight excluding hydrogens is 276 g/mol. The first-order chi connectivity index (χ1) is 10.3. The molecule has 0 fully saturated rings. The lowest BCUT2D eigenvalue weighted by atomic mass is 9.86. The summed E-state index contributed by atoms with van der Waals surface area (Å²) >= 11 is 0. The van der Waals surface area contributed by atoms with Crippen LogP contribution >= 0.6 is 0 Å². The summed E-state index contributed by atoms with van der Waals surface area (Å²) in [7, 11) is 0. The van der Waals surface area contributed by atoms with Crippen molar-refractivity contribution in [1.29, 1.82) is 0 Å². The van der Waals surface area contributed by atoms with Crippen molar-refractivity contribution in [3.63, 3.8) is 0 Å². The Kier molecular flexibility index (Phi) is 4.40. The van der Waals surface area contributed by atoms with E-state index in [0.29, 0.717) is 0 Å². The van der Waals surface area contributed by atoms with Gasteiger partial charge in [0.25, 0.3) is 0 Å². The van der Waals surface area contributed by atoms with Crippen LogP contribution in [-0.2, 0) is 0 Å². The molecule has 1 aromatic carbocycles. The molecule has 0 aliphatic carbocycles. The molecule has 1 aromatic rings. The van der Waals surface area contributed by atoms with Crippen molar-refractivity contribution in [2.24, 2.45) is 0 Å². The van der Waals surface area contributed by atoms with Gasteiger partial charge in [-0.15, -0.1) is 0 Å². The van der Waals surface area contributed by atoms with Crippen molar-refractivity contribution >= 4 is 17.3 Å². The van der Waals surface area contributed by atoms with Gasteiger partial charge in [0, 0.05) is 23.9 Å². The number of benzene rings is 1. The van der Waals surface area contributed by atoms with Gasteiger partial charge in [0.2, 0.25) is 6.20 Å². The maximum absolute atomic E-state index is 10.6. The van der Waals surface area contributed by atoms with Crippen LogP contribution in [0.5, 0.6) is 0 Å². The SMILES string of the molecule is CCCN1c2cc(C)c(/C=C/[N+](=O)[O-])cc2C(C)=CC1(C)C. The lowest BCUT2D eigenvalue weighted by molar-refractivity contribution is -0.400. The highest BCUT2D eigenvalue weighted by atomic mass is 16.6. The van der Waals surface area contributed by atoms with E-state index in [-0.39, 0.29) is 5.54 Å². The van der Waals surface area contributed by atoms with E-state index in [4.69, 9.17) is 0 Å². The standard InChI is InChI=1S/C18H24N2O2/c1-6-8-19-17-10-13(2)15(7-9-20(21)22)11-16(17)14(3)12-18(19,4)5/h7,9-12H,6,8H2,1-5H3/b9-7+. The van der Waals surface area contributed by atoms with Crippen molar-refractivity contribution in [1.82, 2.24) is 0 Å². The van der Waals surface area contributed by atoms with Gasteiger partial charge in [-0.3, -0.25) is 10.1 Å². The van der Waals surface area contributed by atoms with E-state index in [1.807, 2.05) is 6.92 Å². The highest BCUT2D eigenvalue weighted by Crippen LogP contribution is 2.40. The highest BCUT2D eigenvalue weighted by molar-refractivity contribution is 5.83. The first-order valence-electron chi connectivity index (χ1n) is 7.70. The molecule has 0 atom stereocenters. The minimum Gasteiger partial charge on any atom is -0.362 e. The first kappa shape index (κ1) is 16.3. The fourth-order valence-corrected chi connectivity index (χ4v) is 3.20. The van der Waals surface area contributed by atoms with E-state index in [0.717, 1.165) is 30.3 Å². The highest BCUT2D eigenvalue weighted by Gasteiger charge is 2.30. The quantitative estimate of drug-likeness (QED) is 0.600. The van der Waals surface area contributed by atoms with Crippen LogP contribution in [0.1, 0.15) is 50.8 Å². The van der Waals surface area contributed by atoms with Crippen molar-refractivity contribution in [2.75, 3.05) is 11.4 Å². The molecule has 1 aliphatic rings. The Morgan fingerprint density at radius 2 is 2.00 bits per heavy atom. The maximum atomic E-state index is 10.6. The number of hydrogen-bond acceptors (Lipinski definition) is 3. The normalized spacial score (nSPS) is 16.6. The Balaban J connectivity index is 2.57. The number of hydrogen-bond donors (Lipinski definition) is 0. The van der Waals surface area contributed by atoms with E-state index in [9.17, 15) is 10.1 Å². The molecule has 2 rings (SSSR count). The summed E-state index contributed by atoms with van der Waals surface area (Å²) in [5.74, 6) is 0. The third kappa shape index (κ3) is 3.06. The predicted octanol–water partition coefficient (Wildman–Crippen LogP) is 4.65. The first-order valence-corrected chi connectivity index (χ1v) is 7.70. The lowest BCUT2D eigenvalue weighted by Crippen LogP contribution is -2.45. The molecular formula is C18H24N2O2. The third-order valence-corrected chi connectivity index (χ3v) is 4.19. The van der Waals surface area contributed by atoms with Crippen LogP contribution in [0, 0.1) is 17.0 Å². The second-order valence-electron chi connectivity index (χ2n) is 6.46. The smallest absolute Gasteiger partial charge is 0.235 e. The van der Waals surface area contributed by atoms with Crippen LogP contribution in [0.25, 0.3) is 11.6 Å². The summed E-state index contributed by atoms with van der Waals surface area (Å²) in [6.45, 7) is 11.7. The van der Waals surface area contributed by atoms with Crippen molar-refractivity contribution < 1.29 is 4.92 Å². The monoisotopic (exact) mass is 300 g/mol. The van der Waals surface area contributed by atoms with Gasteiger partial charge in [0.05, 0.1) is 10.5 Å². The Morgan fingerprint density at radius 3 is 2.59 bits per heavy atom. The number of aryl methyl sites for hydroxylation is 1. The maximum Gasteiger partial charge on any atom is 0.235 e. The zero-order valence-electron chi connectivity index (χ0n) is 14.0. The van der Waals surface area contributed by atoms with Crippen molar-refractivity contribution in [3.05, 3.63) is 51.2 Å². The summed E-state index contributed by atoms with van der Waals surface area (Å²) in [5, 5.41) is 10.6. The van der Waals surface area contributed by atoms with E-state index in [1.165, 1.54) is 16.8 Å². The molecule has 0 unspecified atom stereocenters. The molecule has 0 saturated carbocycles. The summed E-state index contributed by atoms with van der Waals surface area (Å²) in [6.07, 6.45) is 5.94. The van der Waals surface area contributed by atoms with Crippen LogP contribution in [0.3, 0.4) is 0 Å². The number of allylic oxidation sites excluding steroid dienone is 1. The number of rotatable bonds is 4. The average molecular weight is 300 g/mol. The molecule has 1 heterocycles. The molecule has 0 radical (unpaired) electrons. The zero-order chi connectivity index (χ0) is 16.5. The molecule has 118 valence electrons.